The lowest BCUT2D eigenvalue weighted by Gasteiger charge is -2.14. The molecule has 2 rings (SSSR count). The number of phenols is 1. The van der Waals surface area contributed by atoms with Crippen LogP contribution in [0.25, 0.3) is 10.8 Å². The molecule has 2 aromatic rings. The molecule has 74 valence electrons. The topological polar surface area (TPSA) is 29.5 Å². The fourth-order valence-corrected chi connectivity index (χ4v) is 1.80. The van der Waals surface area contributed by atoms with E-state index in [9.17, 15) is 5.11 Å². The first-order chi connectivity index (χ1) is 7.16. The van der Waals surface area contributed by atoms with Gasteiger partial charge < -0.3 is 9.84 Å². The summed E-state index contributed by atoms with van der Waals surface area (Å²) in [5, 5.41) is 11.5. The van der Waals surface area contributed by atoms with Crippen LogP contribution >= 0.6 is 0 Å². The molecule has 0 aliphatic heterocycles. The average Bonchev–Trinajstić information content (AvgIpc) is 2.27. The molecule has 0 fully saturated rings. The van der Waals surface area contributed by atoms with Crippen LogP contribution in [0.2, 0.25) is 0 Å². The van der Waals surface area contributed by atoms with Crippen molar-refractivity contribution in [2.75, 3.05) is 7.11 Å². The van der Waals surface area contributed by atoms with Gasteiger partial charge in [0.25, 0.3) is 0 Å². The van der Waals surface area contributed by atoms with Gasteiger partial charge in [-0.05, 0) is 17.9 Å². The van der Waals surface area contributed by atoms with Crippen molar-refractivity contribution in [3.8, 4) is 11.5 Å². The molecule has 2 aromatic carbocycles. The number of methoxy groups -OCH3 is 1. The van der Waals surface area contributed by atoms with Crippen molar-refractivity contribution < 1.29 is 9.84 Å². The molecular weight excluding hydrogens is 187 g/mol. The maximum Gasteiger partial charge on any atom is 0.129 e. The molecule has 3 heteroatoms. The second-order valence-corrected chi connectivity index (χ2v) is 3.47. The van der Waals surface area contributed by atoms with E-state index in [2.05, 4.69) is 0 Å². The Bertz CT molecular complexity index is 521. The Morgan fingerprint density at radius 1 is 1.20 bits per heavy atom. The van der Waals surface area contributed by atoms with Crippen molar-refractivity contribution in [3.05, 3.63) is 29.8 Å². The summed E-state index contributed by atoms with van der Waals surface area (Å²) in [6.45, 7) is 1.83. The second-order valence-electron chi connectivity index (χ2n) is 3.47. The normalized spacial score (nSPS) is 10.5. The van der Waals surface area contributed by atoms with E-state index in [-0.39, 0.29) is 5.75 Å². The van der Waals surface area contributed by atoms with Gasteiger partial charge >= 0.3 is 0 Å². The summed E-state index contributed by atoms with van der Waals surface area (Å²) in [5.41, 5.74) is 1.15. The minimum Gasteiger partial charge on any atom is -0.508 e. The third kappa shape index (κ3) is 1.35. The first-order valence-corrected chi connectivity index (χ1v) is 4.70. The van der Waals surface area contributed by atoms with E-state index in [1.165, 1.54) is 0 Å². The van der Waals surface area contributed by atoms with Crippen LogP contribution in [0.3, 0.4) is 0 Å². The van der Waals surface area contributed by atoms with Gasteiger partial charge in [-0.1, -0.05) is 24.3 Å². The summed E-state index contributed by atoms with van der Waals surface area (Å²) in [6, 6.07) is 7.49. The van der Waals surface area contributed by atoms with Crippen molar-refractivity contribution in [2.24, 2.45) is 0 Å². The molecule has 0 amide bonds. The highest BCUT2D eigenvalue weighted by Gasteiger charge is 2.12. The number of phenolic OH excluding ortho intramolecular Hbond substituents is 1. The SMILES string of the molecule is [B]c1c(C)c(OC)c2ccccc2c1O. The van der Waals surface area contributed by atoms with Gasteiger partial charge in [-0.25, -0.2) is 0 Å². The van der Waals surface area contributed by atoms with Crippen molar-refractivity contribution in [2.45, 2.75) is 6.92 Å². The lowest BCUT2D eigenvalue weighted by atomic mass is 9.86. The number of benzene rings is 2. The van der Waals surface area contributed by atoms with E-state index in [1.54, 1.807) is 7.11 Å². The maximum atomic E-state index is 9.88. The summed E-state index contributed by atoms with van der Waals surface area (Å²) >= 11 is 0. The van der Waals surface area contributed by atoms with Crippen molar-refractivity contribution in [1.29, 1.82) is 0 Å². The van der Waals surface area contributed by atoms with E-state index in [0.29, 0.717) is 5.46 Å². The Balaban J connectivity index is 2.98. The lowest BCUT2D eigenvalue weighted by molar-refractivity contribution is 0.416. The number of rotatable bonds is 1. The molecule has 0 aliphatic carbocycles. The Morgan fingerprint density at radius 3 is 2.40 bits per heavy atom. The van der Waals surface area contributed by atoms with Crippen molar-refractivity contribution in [3.63, 3.8) is 0 Å². The van der Waals surface area contributed by atoms with Gasteiger partial charge in [0.05, 0.1) is 7.11 Å². The van der Waals surface area contributed by atoms with Gasteiger partial charge in [-0.3, -0.25) is 0 Å². The molecule has 0 aromatic heterocycles. The Morgan fingerprint density at radius 2 is 1.80 bits per heavy atom. The van der Waals surface area contributed by atoms with Gasteiger partial charge in [-0.15, -0.1) is 0 Å². The van der Waals surface area contributed by atoms with Crippen LogP contribution in [-0.2, 0) is 0 Å². The average molecular weight is 198 g/mol. The maximum absolute atomic E-state index is 9.88. The van der Waals surface area contributed by atoms with Gasteiger partial charge in [-0.2, -0.15) is 0 Å². The molecule has 0 atom stereocenters. The summed E-state index contributed by atoms with van der Waals surface area (Å²) in [7, 11) is 7.40. The second kappa shape index (κ2) is 3.50. The van der Waals surface area contributed by atoms with Gasteiger partial charge in [0.1, 0.15) is 19.3 Å². The molecule has 0 spiro atoms. The summed E-state index contributed by atoms with van der Waals surface area (Å²) < 4.78 is 5.30. The monoisotopic (exact) mass is 198 g/mol. The quantitative estimate of drug-likeness (QED) is 0.706. The van der Waals surface area contributed by atoms with Gasteiger partial charge in [0.2, 0.25) is 0 Å². The Hall–Kier alpha value is -1.64. The summed E-state index contributed by atoms with van der Waals surface area (Å²) in [4.78, 5) is 0. The van der Waals surface area contributed by atoms with Crippen LogP contribution in [0, 0.1) is 6.92 Å². The fraction of sp³-hybridized carbons (Fsp3) is 0.167. The van der Waals surface area contributed by atoms with Crippen LogP contribution in [0.4, 0.5) is 0 Å². The highest BCUT2D eigenvalue weighted by Crippen LogP contribution is 2.33. The summed E-state index contributed by atoms with van der Waals surface area (Å²) in [6.07, 6.45) is 0. The number of ether oxygens (including phenoxy) is 1. The minimum absolute atomic E-state index is 0.129. The molecule has 0 unspecified atom stereocenters. The van der Waals surface area contributed by atoms with Crippen molar-refractivity contribution >= 4 is 24.1 Å². The highest BCUT2D eigenvalue weighted by molar-refractivity contribution is 6.37. The molecule has 0 heterocycles. The largest absolute Gasteiger partial charge is 0.508 e. The molecule has 0 aliphatic rings. The molecule has 0 saturated heterocycles. The van der Waals surface area contributed by atoms with E-state index >= 15 is 0 Å². The highest BCUT2D eigenvalue weighted by atomic mass is 16.5. The van der Waals surface area contributed by atoms with Crippen molar-refractivity contribution in [1.82, 2.24) is 0 Å². The molecule has 2 nitrogen and oxygen atoms in total. The Labute approximate surface area is 89.9 Å². The van der Waals surface area contributed by atoms with Crippen LogP contribution < -0.4 is 10.2 Å². The molecular formula is C12H11BO2. The van der Waals surface area contributed by atoms with Crippen LogP contribution in [0.5, 0.6) is 11.5 Å². The Kier molecular flexibility index (Phi) is 2.31. The van der Waals surface area contributed by atoms with E-state index in [4.69, 9.17) is 12.6 Å². The van der Waals surface area contributed by atoms with Crippen LogP contribution in [-0.4, -0.2) is 20.1 Å². The third-order valence-corrected chi connectivity index (χ3v) is 2.63. The fourth-order valence-electron chi connectivity index (χ4n) is 1.80. The van der Waals surface area contributed by atoms with Gasteiger partial charge in [0, 0.05) is 10.8 Å². The standard InChI is InChI=1S/C12H11BO2/c1-7-10(13)11(14)8-5-3-4-6-9(8)12(7)15-2/h3-6,14H,1-2H3. The molecule has 2 radical (unpaired) electrons. The number of hydrogen-bond donors (Lipinski definition) is 1. The molecule has 15 heavy (non-hydrogen) atoms. The third-order valence-electron chi connectivity index (χ3n) is 2.63. The number of aromatic hydroxyl groups is 1. The van der Waals surface area contributed by atoms with E-state index in [1.807, 2.05) is 31.2 Å². The zero-order valence-electron chi connectivity index (χ0n) is 8.74. The zero-order valence-corrected chi connectivity index (χ0v) is 8.74. The number of fused-ring (bicyclic) bond motifs is 1. The number of hydrogen-bond acceptors (Lipinski definition) is 2. The van der Waals surface area contributed by atoms with Crippen LogP contribution in [0.15, 0.2) is 24.3 Å². The predicted molar refractivity (Wildman–Crippen MR) is 62.3 cm³/mol. The van der Waals surface area contributed by atoms with E-state index < -0.39 is 0 Å². The first-order valence-electron chi connectivity index (χ1n) is 4.70. The van der Waals surface area contributed by atoms with E-state index in [0.717, 1.165) is 22.1 Å². The lowest BCUT2D eigenvalue weighted by Crippen LogP contribution is -2.10. The van der Waals surface area contributed by atoms with Crippen LogP contribution in [0.1, 0.15) is 5.56 Å². The smallest absolute Gasteiger partial charge is 0.129 e. The first kappa shape index (κ1) is 9.90. The van der Waals surface area contributed by atoms with Gasteiger partial charge in [0.15, 0.2) is 0 Å². The molecule has 0 bridgehead atoms. The predicted octanol–water partition coefficient (Wildman–Crippen LogP) is 1.66. The minimum atomic E-state index is 0.129. The molecule has 1 N–H and O–H groups in total. The molecule has 0 saturated carbocycles. The zero-order chi connectivity index (χ0) is 11.0. The summed E-state index contributed by atoms with van der Waals surface area (Å²) in [5.74, 6) is 0.852.